The summed E-state index contributed by atoms with van der Waals surface area (Å²) in [6, 6.07) is 42.4. The maximum absolute atomic E-state index is 3.81. The summed E-state index contributed by atoms with van der Waals surface area (Å²) in [7, 11) is 0. The molecule has 180 valence electrons. The molecule has 6 aromatic carbocycles. The summed E-state index contributed by atoms with van der Waals surface area (Å²) in [6.45, 7) is 2.31. The standard InChI is InChI=1S/C37H27N/c1-23-20-34-31-10-4-7-27-8-5-11-32(37(27)31)35(34)22-36(23)38-29-18-16-24(17-19-29)28-15-14-26-13-12-25-6-2-3-9-30(25)33(26)21-28/h2-23,36,38H,1H3. The molecule has 0 aliphatic heterocycles. The van der Waals surface area contributed by atoms with E-state index >= 15 is 0 Å². The molecule has 2 aliphatic rings. The van der Waals surface area contributed by atoms with Crippen molar-refractivity contribution in [3.63, 3.8) is 0 Å². The molecule has 8 rings (SSSR count). The van der Waals surface area contributed by atoms with Gasteiger partial charge in [-0.15, -0.1) is 0 Å². The summed E-state index contributed by atoms with van der Waals surface area (Å²) in [5, 5.41) is 11.7. The lowest BCUT2D eigenvalue weighted by Gasteiger charge is -2.27. The molecule has 1 N–H and O–H groups in total. The average Bonchev–Trinajstić information content (AvgIpc) is 3.27. The van der Waals surface area contributed by atoms with Crippen LogP contribution in [0.25, 0.3) is 54.6 Å². The molecular weight excluding hydrogens is 458 g/mol. The largest absolute Gasteiger partial charge is 0.378 e. The molecule has 2 unspecified atom stereocenters. The minimum atomic E-state index is 0.246. The Balaban J connectivity index is 1.10. The van der Waals surface area contributed by atoms with Crippen molar-refractivity contribution >= 4 is 49.2 Å². The van der Waals surface area contributed by atoms with Gasteiger partial charge in [-0.05, 0) is 89.8 Å². The van der Waals surface area contributed by atoms with Gasteiger partial charge in [0.2, 0.25) is 0 Å². The summed E-state index contributed by atoms with van der Waals surface area (Å²) < 4.78 is 0. The maximum Gasteiger partial charge on any atom is 0.0513 e. The summed E-state index contributed by atoms with van der Waals surface area (Å²) in [5.74, 6) is 0.395. The van der Waals surface area contributed by atoms with Crippen molar-refractivity contribution in [3.05, 3.63) is 139 Å². The quantitative estimate of drug-likeness (QED) is 0.246. The zero-order valence-electron chi connectivity index (χ0n) is 21.3. The summed E-state index contributed by atoms with van der Waals surface area (Å²) in [5.41, 5.74) is 9.14. The molecule has 0 saturated carbocycles. The molecular formula is C37H27N. The summed E-state index contributed by atoms with van der Waals surface area (Å²) >= 11 is 0. The lowest BCUT2D eigenvalue weighted by atomic mass is 9.86. The van der Waals surface area contributed by atoms with Crippen LogP contribution in [0.5, 0.6) is 0 Å². The van der Waals surface area contributed by atoms with Gasteiger partial charge < -0.3 is 5.32 Å². The predicted molar refractivity (Wildman–Crippen MR) is 163 cm³/mol. The van der Waals surface area contributed by atoms with Crippen LogP contribution in [-0.4, -0.2) is 6.04 Å². The molecule has 0 amide bonds. The van der Waals surface area contributed by atoms with Crippen LogP contribution in [0.2, 0.25) is 0 Å². The van der Waals surface area contributed by atoms with Crippen LogP contribution in [0.3, 0.4) is 0 Å². The Morgan fingerprint density at radius 2 is 1.16 bits per heavy atom. The van der Waals surface area contributed by atoms with Crippen LogP contribution in [0.1, 0.15) is 18.1 Å². The van der Waals surface area contributed by atoms with Gasteiger partial charge in [0.15, 0.2) is 0 Å². The molecule has 0 aromatic heterocycles. The van der Waals surface area contributed by atoms with Gasteiger partial charge >= 0.3 is 0 Å². The van der Waals surface area contributed by atoms with Gasteiger partial charge in [0, 0.05) is 5.69 Å². The van der Waals surface area contributed by atoms with E-state index in [-0.39, 0.29) is 6.04 Å². The van der Waals surface area contributed by atoms with Gasteiger partial charge in [0.1, 0.15) is 0 Å². The van der Waals surface area contributed by atoms with Crippen LogP contribution < -0.4 is 5.32 Å². The Hall–Kier alpha value is -4.62. The molecule has 6 aromatic rings. The van der Waals surface area contributed by atoms with E-state index in [1.54, 1.807) is 0 Å². The van der Waals surface area contributed by atoms with Gasteiger partial charge in [-0.3, -0.25) is 0 Å². The van der Waals surface area contributed by atoms with Crippen molar-refractivity contribution in [2.24, 2.45) is 5.92 Å². The zero-order valence-corrected chi connectivity index (χ0v) is 21.3. The topological polar surface area (TPSA) is 12.0 Å². The number of hydrogen-bond donors (Lipinski definition) is 1. The summed E-state index contributed by atoms with van der Waals surface area (Å²) in [4.78, 5) is 0. The Morgan fingerprint density at radius 1 is 0.526 bits per heavy atom. The fourth-order valence-corrected chi connectivity index (χ4v) is 6.44. The highest BCUT2D eigenvalue weighted by molar-refractivity contribution is 6.22. The third-order valence-electron chi connectivity index (χ3n) is 8.42. The Morgan fingerprint density at radius 3 is 1.95 bits per heavy atom. The van der Waals surface area contributed by atoms with Crippen molar-refractivity contribution in [2.45, 2.75) is 13.0 Å². The van der Waals surface area contributed by atoms with Crippen LogP contribution >= 0.6 is 0 Å². The van der Waals surface area contributed by atoms with E-state index in [2.05, 4.69) is 140 Å². The smallest absolute Gasteiger partial charge is 0.0513 e. The molecule has 2 atom stereocenters. The second-order valence-electron chi connectivity index (χ2n) is 10.7. The molecule has 0 bridgehead atoms. The lowest BCUT2D eigenvalue weighted by molar-refractivity contribution is 0.665. The first kappa shape index (κ1) is 21.5. The maximum atomic E-state index is 3.81. The van der Waals surface area contributed by atoms with Gasteiger partial charge in [-0.25, -0.2) is 0 Å². The van der Waals surface area contributed by atoms with Gasteiger partial charge in [-0.2, -0.15) is 0 Å². The molecule has 0 heterocycles. The third-order valence-corrected chi connectivity index (χ3v) is 8.42. The van der Waals surface area contributed by atoms with Crippen molar-refractivity contribution in [3.8, 4) is 11.1 Å². The molecule has 1 nitrogen and oxygen atoms in total. The Labute approximate surface area is 222 Å². The highest BCUT2D eigenvalue weighted by atomic mass is 14.9. The van der Waals surface area contributed by atoms with Gasteiger partial charge in [0.25, 0.3) is 0 Å². The first-order valence-electron chi connectivity index (χ1n) is 13.5. The molecule has 0 spiro atoms. The highest BCUT2D eigenvalue weighted by Gasteiger charge is 2.29. The number of fused-ring (bicyclic) bond motifs is 6. The minimum absolute atomic E-state index is 0.246. The number of benzene rings is 6. The van der Waals surface area contributed by atoms with Crippen molar-refractivity contribution < 1.29 is 0 Å². The van der Waals surface area contributed by atoms with Gasteiger partial charge in [0.05, 0.1) is 6.04 Å². The third kappa shape index (κ3) is 3.25. The molecule has 1 heteroatoms. The van der Waals surface area contributed by atoms with E-state index in [1.165, 1.54) is 65.7 Å². The number of rotatable bonds is 3. The predicted octanol–water partition coefficient (Wildman–Crippen LogP) is 9.72. The molecule has 0 radical (unpaired) electrons. The normalized spacial score (nSPS) is 17.9. The monoisotopic (exact) mass is 485 g/mol. The molecule has 0 fully saturated rings. The zero-order chi connectivity index (χ0) is 25.2. The van der Waals surface area contributed by atoms with Crippen molar-refractivity contribution in [1.82, 2.24) is 0 Å². The van der Waals surface area contributed by atoms with E-state index < -0.39 is 0 Å². The second kappa shape index (κ2) is 8.19. The number of allylic oxidation sites excluding steroid dienone is 2. The Kier molecular flexibility index (Phi) is 4.63. The van der Waals surface area contributed by atoms with E-state index in [1.807, 2.05) is 0 Å². The van der Waals surface area contributed by atoms with Crippen LogP contribution in [-0.2, 0) is 0 Å². The molecule has 38 heavy (non-hydrogen) atoms. The van der Waals surface area contributed by atoms with E-state index in [0.29, 0.717) is 5.92 Å². The number of nitrogens with one attached hydrogen (secondary N) is 1. The van der Waals surface area contributed by atoms with E-state index in [4.69, 9.17) is 0 Å². The fraction of sp³-hybridized carbons (Fsp3) is 0.0811. The van der Waals surface area contributed by atoms with Crippen molar-refractivity contribution in [1.29, 1.82) is 0 Å². The minimum Gasteiger partial charge on any atom is -0.378 e. The van der Waals surface area contributed by atoms with Gasteiger partial charge in [-0.1, -0.05) is 116 Å². The van der Waals surface area contributed by atoms with Crippen molar-refractivity contribution in [2.75, 3.05) is 5.32 Å². The Bertz CT molecular complexity index is 1950. The van der Waals surface area contributed by atoms with E-state index in [9.17, 15) is 0 Å². The average molecular weight is 486 g/mol. The molecule has 0 saturated heterocycles. The van der Waals surface area contributed by atoms with Crippen LogP contribution in [0, 0.1) is 5.92 Å². The fourth-order valence-electron chi connectivity index (χ4n) is 6.44. The SMILES string of the molecule is CC1C=C2C(=CC1Nc1ccc(-c3ccc4ccc5ccccc5c4c3)cc1)c1cccc3cccc2c13. The first-order chi connectivity index (χ1) is 18.7. The lowest BCUT2D eigenvalue weighted by Crippen LogP contribution is -2.26. The number of anilines is 1. The van der Waals surface area contributed by atoms with E-state index in [0.717, 1.165) is 5.69 Å². The highest BCUT2D eigenvalue weighted by Crippen LogP contribution is 2.48. The number of hydrogen-bond acceptors (Lipinski definition) is 1. The van der Waals surface area contributed by atoms with Crippen LogP contribution in [0.4, 0.5) is 5.69 Å². The second-order valence-corrected chi connectivity index (χ2v) is 10.7. The summed E-state index contributed by atoms with van der Waals surface area (Å²) in [6.07, 6.45) is 4.90. The first-order valence-corrected chi connectivity index (χ1v) is 13.5. The van der Waals surface area contributed by atoms with Crippen LogP contribution in [0.15, 0.2) is 127 Å². The molecule has 2 aliphatic carbocycles.